The summed E-state index contributed by atoms with van der Waals surface area (Å²) < 4.78 is 44.8. The van der Waals surface area contributed by atoms with E-state index in [1.165, 1.54) is 12.1 Å². The minimum Gasteiger partial charge on any atom is -0.497 e. The molecule has 0 saturated carbocycles. The van der Waals surface area contributed by atoms with Crippen LogP contribution in [-0.2, 0) is 10.0 Å². The van der Waals surface area contributed by atoms with E-state index in [2.05, 4.69) is 4.72 Å². The van der Waals surface area contributed by atoms with Crippen LogP contribution in [0.4, 0.5) is 4.39 Å². The summed E-state index contributed by atoms with van der Waals surface area (Å²) in [7, 11) is -2.12. The van der Waals surface area contributed by atoms with E-state index in [9.17, 15) is 12.8 Å². The number of sulfonamides is 1. The molecule has 0 amide bonds. The van der Waals surface area contributed by atoms with E-state index in [0.717, 1.165) is 17.7 Å². The summed E-state index contributed by atoms with van der Waals surface area (Å²) in [6, 6.07) is 11.4. The average Bonchev–Trinajstić information content (AvgIpc) is 2.47. The summed E-state index contributed by atoms with van der Waals surface area (Å²) >= 11 is 0. The first-order chi connectivity index (χ1) is 9.92. The molecule has 0 bridgehead atoms. The van der Waals surface area contributed by atoms with E-state index in [1.807, 2.05) is 0 Å². The first-order valence-electron chi connectivity index (χ1n) is 6.34. The van der Waals surface area contributed by atoms with Crippen LogP contribution in [0.5, 0.6) is 5.75 Å². The van der Waals surface area contributed by atoms with Crippen molar-refractivity contribution < 1.29 is 17.5 Å². The summed E-state index contributed by atoms with van der Waals surface area (Å²) in [5, 5.41) is 0. The molecule has 112 valence electrons. The number of nitrogens with one attached hydrogen (secondary N) is 1. The molecule has 0 aromatic heterocycles. The van der Waals surface area contributed by atoms with Gasteiger partial charge in [0.1, 0.15) is 11.6 Å². The van der Waals surface area contributed by atoms with Gasteiger partial charge in [0.15, 0.2) is 0 Å². The predicted molar refractivity (Wildman–Crippen MR) is 78.1 cm³/mol. The van der Waals surface area contributed by atoms with Crippen molar-refractivity contribution in [1.29, 1.82) is 0 Å². The highest BCUT2D eigenvalue weighted by Crippen LogP contribution is 2.20. The largest absolute Gasteiger partial charge is 0.497 e. The summed E-state index contributed by atoms with van der Waals surface area (Å²) in [6.07, 6.45) is 0. The molecule has 1 unspecified atom stereocenters. The fraction of sp³-hybridized carbons (Fsp3) is 0.200. The Balaban J connectivity index is 2.17. The van der Waals surface area contributed by atoms with Crippen molar-refractivity contribution in [3.05, 3.63) is 59.9 Å². The number of methoxy groups -OCH3 is 1. The quantitative estimate of drug-likeness (QED) is 0.924. The molecular formula is C15H16FNO3S. The highest BCUT2D eigenvalue weighted by atomic mass is 32.2. The molecule has 0 aliphatic rings. The monoisotopic (exact) mass is 309 g/mol. The number of halogens is 1. The Hall–Kier alpha value is -1.92. The SMILES string of the molecule is COc1ccc(C(C)NS(=O)(=O)c2ccc(F)cc2)cc1. The summed E-state index contributed by atoms with van der Waals surface area (Å²) in [5.41, 5.74) is 0.807. The Bertz CT molecular complexity index is 697. The minimum absolute atomic E-state index is 0.0317. The van der Waals surface area contributed by atoms with E-state index >= 15 is 0 Å². The van der Waals surface area contributed by atoms with Crippen molar-refractivity contribution in [1.82, 2.24) is 4.72 Å². The molecule has 0 saturated heterocycles. The van der Waals surface area contributed by atoms with E-state index < -0.39 is 21.9 Å². The topological polar surface area (TPSA) is 55.4 Å². The van der Waals surface area contributed by atoms with Crippen molar-refractivity contribution in [3.8, 4) is 5.75 Å². The molecule has 2 rings (SSSR count). The summed E-state index contributed by atoms with van der Waals surface area (Å²) in [4.78, 5) is 0.0317. The second-order valence-electron chi connectivity index (χ2n) is 4.57. The normalized spacial score (nSPS) is 12.9. The summed E-state index contributed by atoms with van der Waals surface area (Å²) in [6.45, 7) is 1.74. The van der Waals surface area contributed by atoms with E-state index in [1.54, 1.807) is 38.3 Å². The number of rotatable bonds is 5. The van der Waals surface area contributed by atoms with E-state index in [4.69, 9.17) is 4.74 Å². The van der Waals surface area contributed by atoms with Gasteiger partial charge in [-0.2, -0.15) is 0 Å². The Morgan fingerprint density at radius 1 is 1.05 bits per heavy atom. The van der Waals surface area contributed by atoms with Gasteiger partial charge in [-0.15, -0.1) is 0 Å². The van der Waals surface area contributed by atoms with Gasteiger partial charge in [-0.1, -0.05) is 12.1 Å². The van der Waals surface area contributed by atoms with Gasteiger partial charge in [-0.25, -0.2) is 17.5 Å². The molecule has 0 aliphatic carbocycles. The van der Waals surface area contributed by atoms with Crippen molar-refractivity contribution in [3.63, 3.8) is 0 Å². The third-order valence-electron chi connectivity index (χ3n) is 3.07. The lowest BCUT2D eigenvalue weighted by molar-refractivity contribution is 0.414. The van der Waals surface area contributed by atoms with Crippen LogP contribution in [0.2, 0.25) is 0 Å². The maximum absolute atomic E-state index is 12.8. The van der Waals surface area contributed by atoms with Crippen molar-refractivity contribution in [2.24, 2.45) is 0 Å². The van der Waals surface area contributed by atoms with Crippen LogP contribution in [0.15, 0.2) is 53.4 Å². The van der Waals surface area contributed by atoms with Crippen LogP contribution in [0.25, 0.3) is 0 Å². The molecule has 0 heterocycles. The van der Waals surface area contributed by atoms with E-state index in [-0.39, 0.29) is 4.90 Å². The van der Waals surface area contributed by atoms with Gasteiger partial charge in [-0.3, -0.25) is 0 Å². The van der Waals surface area contributed by atoms with Gasteiger partial charge in [0.2, 0.25) is 10.0 Å². The molecule has 2 aromatic carbocycles. The van der Waals surface area contributed by atoms with Crippen LogP contribution in [0, 0.1) is 5.82 Å². The van der Waals surface area contributed by atoms with Gasteiger partial charge >= 0.3 is 0 Å². The van der Waals surface area contributed by atoms with Gasteiger partial charge in [0.25, 0.3) is 0 Å². The minimum atomic E-state index is -3.69. The lowest BCUT2D eigenvalue weighted by Crippen LogP contribution is -2.26. The lowest BCUT2D eigenvalue weighted by atomic mass is 10.1. The zero-order valence-corrected chi connectivity index (χ0v) is 12.5. The molecule has 1 atom stereocenters. The van der Waals surface area contributed by atoms with Crippen molar-refractivity contribution in [2.45, 2.75) is 17.9 Å². The third kappa shape index (κ3) is 3.80. The maximum Gasteiger partial charge on any atom is 0.241 e. The zero-order valence-electron chi connectivity index (χ0n) is 11.7. The van der Waals surface area contributed by atoms with Crippen LogP contribution < -0.4 is 9.46 Å². The standard InChI is InChI=1S/C15H16FNO3S/c1-11(12-3-7-14(20-2)8-4-12)17-21(18,19)15-9-5-13(16)6-10-15/h3-11,17H,1-2H3. The Labute approximate surface area is 123 Å². The summed E-state index contributed by atoms with van der Waals surface area (Å²) in [5.74, 6) is 0.226. The van der Waals surface area contributed by atoms with E-state index in [0.29, 0.717) is 5.75 Å². The number of benzene rings is 2. The van der Waals surface area contributed by atoms with Gasteiger partial charge in [0, 0.05) is 6.04 Å². The fourth-order valence-corrected chi connectivity index (χ4v) is 3.11. The van der Waals surface area contributed by atoms with Crippen LogP contribution in [-0.4, -0.2) is 15.5 Å². The van der Waals surface area contributed by atoms with Gasteiger partial charge in [-0.05, 0) is 48.9 Å². The molecule has 0 fully saturated rings. The fourth-order valence-electron chi connectivity index (χ4n) is 1.88. The maximum atomic E-state index is 12.8. The molecule has 21 heavy (non-hydrogen) atoms. The second kappa shape index (κ2) is 6.24. The highest BCUT2D eigenvalue weighted by molar-refractivity contribution is 7.89. The molecule has 0 spiro atoms. The van der Waals surface area contributed by atoms with Gasteiger partial charge in [0.05, 0.1) is 12.0 Å². The molecule has 0 aliphatic heterocycles. The van der Waals surface area contributed by atoms with Crippen LogP contribution in [0.3, 0.4) is 0 Å². The Kier molecular flexibility index (Phi) is 4.59. The van der Waals surface area contributed by atoms with Crippen molar-refractivity contribution in [2.75, 3.05) is 7.11 Å². The van der Waals surface area contributed by atoms with Crippen LogP contribution >= 0.6 is 0 Å². The Morgan fingerprint density at radius 2 is 1.62 bits per heavy atom. The number of ether oxygens (including phenoxy) is 1. The van der Waals surface area contributed by atoms with Crippen LogP contribution in [0.1, 0.15) is 18.5 Å². The molecular weight excluding hydrogens is 293 g/mol. The molecule has 4 nitrogen and oxygen atoms in total. The first-order valence-corrected chi connectivity index (χ1v) is 7.82. The number of hydrogen-bond donors (Lipinski definition) is 1. The number of hydrogen-bond acceptors (Lipinski definition) is 3. The first kappa shape index (κ1) is 15.5. The zero-order chi connectivity index (χ0) is 15.5. The predicted octanol–water partition coefficient (Wildman–Crippen LogP) is 2.87. The van der Waals surface area contributed by atoms with Crippen molar-refractivity contribution >= 4 is 10.0 Å². The lowest BCUT2D eigenvalue weighted by Gasteiger charge is -2.15. The average molecular weight is 309 g/mol. The molecule has 2 aromatic rings. The highest BCUT2D eigenvalue weighted by Gasteiger charge is 2.18. The third-order valence-corrected chi connectivity index (χ3v) is 4.63. The molecule has 0 radical (unpaired) electrons. The molecule has 6 heteroatoms. The van der Waals surface area contributed by atoms with Gasteiger partial charge < -0.3 is 4.74 Å². The second-order valence-corrected chi connectivity index (χ2v) is 6.28. The smallest absolute Gasteiger partial charge is 0.241 e. The molecule has 1 N–H and O–H groups in total. The Morgan fingerprint density at radius 3 is 2.14 bits per heavy atom.